The minimum absolute atomic E-state index is 0.0728. The van der Waals surface area contributed by atoms with Crippen LogP contribution in [0.25, 0.3) is 11.1 Å². The molecule has 1 heterocycles. The highest BCUT2D eigenvalue weighted by atomic mass is 32.2. The fraction of sp³-hybridized carbons (Fsp3) is 0.316. The van der Waals surface area contributed by atoms with Gasteiger partial charge in [0.25, 0.3) is 6.43 Å². The summed E-state index contributed by atoms with van der Waals surface area (Å²) in [6, 6.07) is 8.35. The van der Waals surface area contributed by atoms with E-state index < -0.39 is 16.3 Å². The molecule has 0 atom stereocenters. The van der Waals surface area contributed by atoms with Crippen LogP contribution in [0, 0.1) is 0 Å². The molecule has 26 heavy (non-hydrogen) atoms. The van der Waals surface area contributed by atoms with Gasteiger partial charge >= 0.3 is 0 Å². The van der Waals surface area contributed by atoms with Gasteiger partial charge in [-0.1, -0.05) is 12.1 Å². The molecule has 0 unspecified atom stereocenters. The zero-order valence-corrected chi connectivity index (χ0v) is 15.3. The maximum absolute atomic E-state index is 13.0. The quantitative estimate of drug-likeness (QED) is 0.766. The monoisotopic (exact) mass is 379 g/mol. The van der Waals surface area contributed by atoms with Gasteiger partial charge in [-0.25, -0.2) is 17.2 Å². The lowest BCUT2D eigenvalue weighted by Crippen LogP contribution is -1.99. The number of alkyl halides is 2. The molecule has 0 aliphatic heterocycles. The van der Waals surface area contributed by atoms with Gasteiger partial charge in [0.2, 0.25) is 0 Å². The third-order valence-electron chi connectivity index (χ3n) is 4.51. The molecular formula is C19H19F2NO3S. The highest BCUT2D eigenvalue weighted by Crippen LogP contribution is 2.41. The second-order valence-electron chi connectivity index (χ2n) is 6.22. The lowest BCUT2D eigenvalue weighted by molar-refractivity contribution is 0.141. The molecule has 0 spiro atoms. The summed E-state index contributed by atoms with van der Waals surface area (Å²) in [6.45, 7) is 0. The van der Waals surface area contributed by atoms with Crippen LogP contribution in [0.1, 0.15) is 42.5 Å². The van der Waals surface area contributed by atoms with Crippen molar-refractivity contribution >= 4 is 21.0 Å². The predicted molar refractivity (Wildman–Crippen MR) is 96.0 cm³/mol. The lowest BCUT2D eigenvalue weighted by atomic mass is 9.98. The van der Waals surface area contributed by atoms with Crippen LogP contribution >= 0.6 is 0 Å². The van der Waals surface area contributed by atoms with Crippen molar-refractivity contribution in [3.05, 3.63) is 53.3 Å². The largest absolute Gasteiger partial charge is 0.495 e. The Hall–Kier alpha value is -2.28. The number of benzene rings is 1. The predicted octanol–water partition coefficient (Wildman–Crippen LogP) is 4.53. The van der Waals surface area contributed by atoms with E-state index in [0.29, 0.717) is 0 Å². The van der Waals surface area contributed by atoms with Crippen molar-refractivity contribution in [2.24, 2.45) is 0 Å². The van der Waals surface area contributed by atoms with Crippen molar-refractivity contribution in [3.63, 3.8) is 0 Å². The van der Waals surface area contributed by atoms with Gasteiger partial charge in [0.05, 0.1) is 12.0 Å². The smallest absolute Gasteiger partial charge is 0.284 e. The van der Waals surface area contributed by atoms with E-state index in [1.165, 1.54) is 19.6 Å². The molecular weight excluding hydrogens is 360 g/mol. The summed E-state index contributed by atoms with van der Waals surface area (Å²) >= 11 is 0. The Morgan fingerprint density at radius 1 is 1.08 bits per heavy atom. The number of rotatable bonds is 5. The van der Waals surface area contributed by atoms with Crippen LogP contribution in [0.2, 0.25) is 0 Å². The Bertz CT molecular complexity index is 951. The number of sulfone groups is 1. The van der Waals surface area contributed by atoms with E-state index >= 15 is 0 Å². The number of pyridine rings is 1. The third kappa shape index (κ3) is 3.62. The normalized spacial score (nSPS) is 15.0. The average molecular weight is 379 g/mol. The lowest BCUT2D eigenvalue weighted by Gasteiger charge is -2.12. The Morgan fingerprint density at radius 2 is 1.69 bits per heavy atom. The van der Waals surface area contributed by atoms with E-state index in [-0.39, 0.29) is 16.3 Å². The molecule has 0 radical (unpaired) electrons. The molecule has 1 aliphatic carbocycles. The van der Waals surface area contributed by atoms with Gasteiger partial charge in [0, 0.05) is 12.5 Å². The second-order valence-corrected chi connectivity index (χ2v) is 8.24. The van der Waals surface area contributed by atoms with E-state index in [1.807, 2.05) is 0 Å². The van der Waals surface area contributed by atoms with Crippen LogP contribution in [0.5, 0.6) is 5.75 Å². The van der Waals surface area contributed by atoms with Crippen LogP contribution in [-0.4, -0.2) is 26.8 Å². The Balaban J connectivity index is 2.03. The topological polar surface area (TPSA) is 56.3 Å². The van der Waals surface area contributed by atoms with Gasteiger partial charge < -0.3 is 4.74 Å². The van der Waals surface area contributed by atoms with Crippen LogP contribution < -0.4 is 4.74 Å². The number of nitrogens with zero attached hydrogens (tertiary/aromatic N) is 1. The summed E-state index contributed by atoms with van der Waals surface area (Å²) in [5.74, 6) is 0.0728. The Labute approximate surface area is 151 Å². The first kappa shape index (κ1) is 18.5. The number of hydrogen-bond donors (Lipinski definition) is 0. The summed E-state index contributed by atoms with van der Waals surface area (Å²) in [5, 5.41) is 0. The highest BCUT2D eigenvalue weighted by Gasteiger charge is 2.22. The van der Waals surface area contributed by atoms with E-state index in [2.05, 4.69) is 4.98 Å². The number of methoxy groups -OCH3 is 1. The van der Waals surface area contributed by atoms with Crippen molar-refractivity contribution in [2.75, 3.05) is 13.4 Å². The van der Waals surface area contributed by atoms with E-state index in [4.69, 9.17) is 4.74 Å². The van der Waals surface area contributed by atoms with Crippen LogP contribution in [-0.2, 0) is 9.84 Å². The minimum Gasteiger partial charge on any atom is -0.495 e. The fourth-order valence-corrected chi connectivity index (χ4v) is 3.86. The molecule has 2 aromatic rings. The van der Waals surface area contributed by atoms with Gasteiger partial charge in [-0.2, -0.15) is 0 Å². The number of ether oxygens (including phenoxy) is 1. The average Bonchev–Trinajstić information content (AvgIpc) is 3.10. The summed E-state index contributed by atoms with van der Waals surface area (Å²) in [4.78, 5) is 4.15. The first-order valence-electron chi connectivity index (χ1n) is 8.16. The second kappa shape index (κ2) is 7.15. The van der Waals surface area contributed by atoms with Gasteiger partial charge in [-0.15, -0.1) is 0 Å². The fourth-order valence-electron chi connectivity index (χ4n) is 3.23. The van der Waals surface area contributed by atoms with Gasteiger partial charge in [-0.3, -0.25) is 4.98 Å². The molecule has 3 rings (SSSR count). The van der Waals surface area contributed by atoms with E-state index in [0.717, 1.165) is 41.5 Å². The molecule has 1 aliphatic rings. The molecule has 0 saturated carbocycles. The number of aromatic nitrogens is 1. The van der Waals surface area contributed by atoms with Gasteiger partial charge in [0.15, 0.2) is 9.84 Å². The Kier molecular flexibility index (Phi) is 5.09. The van der Waals surface area contributed by atoms with Crippen molar-refractivity contribution in [1.82, 2.24) is 4.98 Å². The molecule has 138 valence electrons. The third-order valence-corrected chi connectivity index (χ3v) is 5.63. The molecule has 1 aromatic heterocycles. The summed E-state index contributed by atoms with van der Waals surface area (Å²) in [7, 11) is -1.90. The molecule has 0 amide bonds. The maximum Gasteiger partial charge on any atom is 0.284 e. The van der Waals surface area contributed by atoms with Gasteiger partial charge in [-0.05, 0) is 59.7 Å². The Morgan fingerprint density at radius 3 is 2.23 bits per heavy atom. The molecule has 0 N–H and O–H groups in total. The van der Waals surface area contributed by atoms with E-state index in [9.17, 15) is 17.2 Å². The van der Waals surface area contributed by atoms with Crippen molar-refractivity contribution in [3.8, 4) is 5.75 Å². The standard InChI is InChI=1S/C19H19F2NO3S/c1-25-17-10-13(11-22-18(17)19(20)21)16-5-3-4-15(16)12-6-8-14(9-7-12)26(2,23)24/h6-11,19H,3-5H2,1-2H3. The molecule has 7 heteroatoms. The highest BCUT2D eigenvalue weighted by molar-refractivity contribution is 7.90. The first-order valence-corrected chi connectivity index (χ1v) is 10.1. The number of allylic oxidation sites excluding steroid dienone is 2. The van der Waals surface area contributed by atoms with E-state index in [1.54, 1.807) is 30.3 Å². The van der Waals surface area contributed by atoms with Crippen molar-refractivity contribution in [2.45, 2.75) is 30.6 Å². The van der Waals surface area contributed by atoms with Gasteiger partial charge in [0.1, 0.15) is 11.4 Å². The maximum atomic E-state index is 13.0. The summed E-state index contributed by atoms with van der Waals surface area (Å²) in [5.41, 5.74) is 3.43. The van der Waals surface area contributed by atoms with Crippen LogP contribution in [0.4, 0.5) is 8.78 Å². The molecule has 1 aromatic carbocycles. The molecule has 4 nitrogen and oxygen atoms in total. The summed E-state index contributed by atoms with van der Waals surface area (Å²) < 4.78 is 54.3. The summed E-state index contributed by atoms with van der Waals surface area (Å²) in [6.07, 6.45) is 2.52. The SMILES string of the molecule is COc1cc(C2=C(c3ccc(S(C)(=O)=O)cc3)CCC2)cnc1C(F)F. The minimum atomic E-state index is -3.24. The zero-order chi connectivity index (χ0) is 18.9. The van der Waals surface area contributed by atoms with Crippen molar-refractivity contribution < 1.29 is 21.9 Å². The van der Waals surface area contributed by atoms with Crippen LogP contribution in [0.3, 0.4) is 0 Å². The molecule has 0 bridgehead atoms. The molecule has 0 saturated heterocycles. The molecule has 0 fully saturated rings. The van der Waals surface area contributed by atoms with Crippen molar-refractivity contribution in [1.29, 1.82) is 0 Å². The number of halogens is 2. The first-order chi connectivity index (χ1) is 12.3. The van der Waals surface area contributed by atoms with Crippen LogP contribution in [0.15, 0.2) is 41.4 Å². The number of hydrogen-bond acceptors (Lipinski definition) is 4. The zero-order valence-electron chi connectivity index (χ0n) is 14.5.